The van der Waals surface area contributed by atoms with Gasteiger partial charge in [0.25, 0.3) is 0 Å². The molecule has 0 spiro atoms. The van der Waals surface area contributed by atoms with Crippen LogP contribution in [0.15, 0.2) is 12.3 Å². The maximum Gasteiger partial charge on any atom is 0.306 e. The van der Waals surface area contributed by atoms with Gasteiger partial charge in [0.15, 0.2) is 0 Å². The molecule has 20 heavy (non-hydrogen) atoms. The van der Waals surface area contributed by atoms with E-state index in [1.165, 1.54) is 7.11 Å². The van der Waals surface area contributed by atoms with Gasteiger partial charge >= 0.3 is 5.97 Å². The minimum Gasteiger partial charge on any atom is -0.469 e. The quantitative estimate of drug-likeness (QED) is 0.494. The fourth-order valence-corrected chi connectivity index (χ4v) is 1.50. The maximum absolute atomic E-state index is 11.4. The topological polar surface area (TPSA) is 106 Å². The molecule has 7 nitrogen and oxygen atoms in total. The second kappa shape index (κ2) is 7.98. The second-order valence-electron chi connectivity index (χ2n) is 4.24. The highest BCUT2D eigenvalue weighted by atomic mass is 16.5. The number of methoxy groups -OCH3 is 1. The number of esters is 1. The molecule has 0 aliphatic rings. The lowest BCUT2D eigenvalue weighted by molar-refractivity contribution is -0.142. The van der Waals surface area contributed by atoms with E-state index >= 15 is 0 Å². The summed E-state index contributed by atoms with van der Waals surface area (Å²) in [6.45, 7) is 2.83. The first-order valence-corrected chi connectivity index (χ1v) is 6.33. The number of ether oxygens (including phenoxy) is 1. The number of rotatable bonds is 7. The number of aromatic nitrogens is 1. The van der Waals surface area contributed by atoms with Crippen molar-refractivity contribution >= 4 is 23.4 Å². The lowest BCUT2D eigenvalue weighted by Gasteiger charge is -2.10. The molecule has 1 aromatic rings. The summed E-state index contributed by atoms with van der Waals surface area (Å²) in [7, 11) is 1.30. The monoisotopic (exact) mass is 280 g/mol. The Morgan fingerprint density at radius 1 is 1.35 bits per heavy atom. The Labute approximate surface area is 117 Å². The molecular weight excluding hydrogens is 260 g/mol. The lowest BCUT2D eigenvalue weighted by Crippen LogP contribution is -2.29. The van der Waals surface area contributed by atoms with Gasteiger partial charge in [0.1, 0.15) is 5.82 Å². The van der Waals surface area contributed by atoms with Crippen LogP contribution in [0.4, 0.5) is 11.5 Å². The summed E-state index contributed by atoms with van der Waals surface area (Å²) in [4.78, 5) is 26.4. The van der Waals surface area contributed by atoms with Gasteiger partial charge in [-0.2, -0.15) is 0 Å². The van der Waals surface area contributed by atoms with E-state index in [4.69, 9.17) is 5.73 Å². The zero-order valence-electron chi connectivity index (χ0n) is 11.7. The first kappa shape index (κ1) is 15.7. The predicted octanol–water partition coefficient (Wildman–Crippen LogP) is 0.454. The first-order valence-electron chi connectivity index (χ1n) is 6.33. The van der Waals surface area contributed by atoms with Crippen LogP contribution in [0.25, 0.3) is 0 Å². The summed E-state index contributed by atoms with van der Waals surface area (Å²) >= 11 is 0. The number of carbonyl (C=O) groups is 2. The molecule has 4 N–H and O–H groups in total. The Morgan fingerprint density at radius 3 is 2.80 bits per heavy atom. The van der Waals surface area contributed by atoms with Crippen molar-refractivity contribution in [3.05, 3.63) is 17.8 Å². The molecule has 0 saturated carbocycles. The van der Waals surface area contributed by atoms with Crippen LogP contribution in [0, 0.1) is 6.92 Å². The molecular formula is C13H20N4O3. The van der Waals surface area contributed by atoms with E-state index in [2.05, 4.69) is 20.4 Å². The van der Waals surface area contributed by atoms with E-state index in [-0.39, 0.29) is 18.7 Å². The predicted molar refractivity (Wildman–Crippen MR) is 76.1 cm³/mol. The summed E-state index contributed by atoms with van der Waals surface area (Å²) in [5, 5.41) is 5.73. The molecule has 0 radical (unpaired) electrons. The van der Waals surface area contributed by atoms with Crippen molar-refractivity contribution in [3.63, 3.8) is 0 Å². The highest BCUT2D eigenvalue weighted by molar-refractivity contribution is 5.81. The number of nitrogens with two attached hydrogens (primary N) is 1. The maximum atomic E-state index is 11.4. The van der Waals surface area contributed by atoms with Gasteiger partial charge in [-0.1, -0.05) is 0 Å². The van der Waals surface area contributed by atoms with E-state index < -0.39 is 5.97 Å². The number of hydrogen-bond acceptors (Lipinski definition) is 6. The molecule has 0 unspecified atom stereocenters. The Morgan fingerprint density at radius 2 is 2.10 bits per heavy atom. The SMILES string of the molecule is COC(=O)CCC(=O)NCCNc1nccc(C)c1N. The van der Waals surface area contributed by atoms with Gasteiger partial charge in [-0.3, -0.25) is 9.59 Å². The Bertz CT molecular complexity index is 477. The summed E-state index contributed by atoms with van der Waals surface area (Å²) < 4.78 is 4.46. The van der Waals surface area contributed by atoms with Crippen molar-refractivity contribution in [1.82, 2.24) is 10.3 Å². The largest absolute Gasteiger partial charge is 0.469 e. The van der Waals surface area contributed by atoms with Crippen LogP contribution < -0.4 is 16.4 Å². The molecule has 0 aliphatic heterocycles. The van der Waals surface area contributed by atoms with Gasteiger partial charge in [0, 0.05) is 25.7 Å². The standard InChI is InChI=1S/C13H20N4O3/c1-9-5-6-16-13(12(9)14)17-8-7-15-10(18)3-4-11(19)20-2/h5-6H,3-4,7-8,14H2,1-2H3,(H,15,18)(H,16,17). The zero-order valence-corrected chi connectivity index (χ0v) is 11.7. The summed E-state index contributed by atoms with van der Waals surface area (Å²) in [6.07, 6.45) is 1.88. The molecule has 0 aromatic carbocycles. The zero-order chi connectivity index (χ0) is 15.0. The van der Waals surface area contributed by atoms with E-state index in [0.29, 0.717) is 24.6 Å². The van der Waals surface area contributed by atoms with E-state index in [1.54, 1.807) is 6.20 Å². The Kier molecular flexibility index (Phi) is 6.28. The van der Waals surface area contributed by atoms with Crippen molar-refractivity contribution < 1.29 is 14.3 Å². The van der Waals surface area contributed by atoms with Gasteiger partial charge in [-0.25, -0.2) is 4.98 Å². The molecule has 1 rings (SSSR count). The minimum atomic E-state index is -0.394. The number of aryl methyl sites for hydroxylation is 1. The van der Waals surface area contributed by atoms with Crippen LogP contribution in [0.1, 0.15) is 18.4 Å². The van der Waals surface area contributed by atoms with Gasteiger partial charge in [0.2, 0.25) is 5.91 Å². The van der Waals surface area contributed by atoms with E-state index in [1.807, 2.05) is 13.0 Å². The number of carbonyl (C=O) groups excluding carboxylic acids is 2. The molecule has 1 aromatic heterocycles. The van der Waals surface area contributed by atoms with Gasteiger partial charge < -0.3 is 21.1 Å². The lowest BCUT2D eigenvalue weighted by atomic mass is 10.2. The normalized spacial score (nSPS) is 9.90. The third kappa shape index (κ3) is 5.13. The fourth-order valence-electron chi connectivity index (χ4n) is 1.50. The Balaban J connectivity index is 2.23. The summed E-state index contributed by atoms with van der Waals surface area (Å²) in [5.41, 5.74) is 7.41. The number of nitrogen functional groups attached to an aromatic ring is 1. The highest BCUT2D eigenvalue weighted by Crippen LogP contribution is 2.17. The first-order chi connectivity index (χ1) is 9.54. The highest BCUT2D eigenvalue weighted by Gasteiger charge is 2.06. The average molecular weight is 280 g/mol. The number of pyridine rings is 1. The summed E-state index contributed by atoms with van der Waals surface area (Å²) in [6, 6.07) is 1.83. The molecule has 1 heterocycles. The number of anilines is 2. The number of nitrogens with zero attached hydrogens (tertiary/aromatic N) is 1. The van der Waals surface area contributed by atoms with Crippen LogP contribution in [-0.2, 0) is 14.3 Å². The van der Waals surface area contributed by atoms with Crippen molar-refractivity contribution in [2.24, 2.45) is 0 Å². The number of nitrogens with one attached hydrogen (secondary N) is 2. The summed E-state index contributed by atoms with van der Waals surface area (Å²) in [5.74, 6) is 0.0196. The second-order valence-corrected chi connectivity index (χ2v) is 4.24. The molecule has 0 atom stereocenters. The van der Waals surface area contributed by atoms with E-state index in [0.717, 1.165) is 5.56 Å². The van der Waals surface area contributed by atoms with Crippen molar-refractivity contribution in [2.75, 3.05) is 31.2 Å². The van der Waals surface area contributed by atoms with Gasteiger partial charge in [0.05, 0.1) is 19.2 Å². The third-order valence-corrected chi connectivity index (χ3v) is 2.73. The van der Waals surface area contributed by atoms with Gasteiger partial charge in [-0.15, -0.1) is 0 Å². The van der Waals surface area contributed by atoms with Gasteiger partial charge in [-0.05, 0) is 18.6 Å². The molecule has 0 bridgehead atoms. The minimum absolute atomic E-state index is 0.0855. The molecule has 0 fully saturated rings. The van der Waals surface area contributed by atoms with Crippen LogP contribution in [0.3, 0.4) is 0 Å². The van der Waals surface area contributed by atoms with Crippen molar-refractivity contribution in [2.45, 2.75) is 19.8 Å². The van der Waals surface area contributed by atoms with Crippen molar-refractivity contribution in [1.29, 1.82) is 0 Å². The molecule has 0 aliphatic carbocycles. The van der Waals surface area contributed by atoms with Crippen LogP contribution in [0.5, 0.6) is 0 Å². The third-order valence-electron chi connectivity index (χ3n) is 2.73. The fraction of sp³-hybridized carbons (Fsp3) is 0.462. The molecule has 7 heteroatoms. The van der Waals surface area contributed by atoms with Crippen LogP contribution in [-0.4, -0.2) is 37.1 Å². The number of amides is 1. The molecule has 110 valence electrons. The van der Waals surface area contributed by atoms with Crippen LogP contribution in [0.2, 0.25) is 0 Å². The number of hydrogen-bond donors (Lipinski definition) is 3. The van der Waals surface area contributed by atoms with Crippen LogP contribution >= 0.6 is 0 Å². The molecule has 0 saturated heterocycles. The average Bonchev–Trinajstić information content (AvgIpc) is 2.45. The molecule has 1 amide bonds. The Hall–Kier alpha value is -2.31. The van der Waals surface area contributed by atoms with Crippen molar-refractivity contribution in [3.8, 4) is 0 Å². The van der Waals surface area contributed by atoms with E-state index in [9.17, 15) is 9.59 Å². The smallest absolute Gasteiger partial charge is 0.306 e.